The Labute approximate surface area is 143 Å². The zero-order valence-corrected chi connectivity index (χ0v) is 14.1. The quantitative estimate of drug-likeness (QED) is 0.820. The summed E-state index contributed by atoms with van der Waals surface area (Å²) in [5.74, 6) is 0.231. The van der Waals surface area contributed by atoms with Crippen molar-refractivity contribution in [2.24, 2.45) is 5.92 Å². The molecule has 9 heteroatoms. The van der Waals surface area contributed by atoms with Gasteiger partial charge in [-0.25, -0.2) is 4.79 Å². The number of carbonyl (C=O) groups is 2. The van der Waals surface area contributed by atoms with E-state index in [1.165, 1.54) is 0 Å². The van der Waals surface area contributed by atoms with Crippen molar-refractivity contribution in [3.8, 4) is 0 Å². The molecule has 1 aliphatic rings. The summed E-state index contributed by atoms with van der Waals surface area (Å²) in [4.78, 5) is 25.7. The Hall–Kier alpha value is -2.26. The van der Waals surface area contributed by atoms with Crippen LogP contribution in [0.3, 0.4) is 0 Å². The van der Waals surface area contributed by atoms with Crippen molar-refractivity contribution >= 4 is 40.4 Å². The minimum absolute atomic E-state index is 0.109. The largest absolute Gasteiger partial charge is 0.383 e. The molecule has 8 nitrogen and oxygen atoms in total. The third kappa shape index (κ3) is 3.80. The fourth-order valence-electron chi connectivity index (χ4n) is 2.72. The Kier molecular flexibility index (Phi) is 5.21. The van der Waals surface area contributed by atoms with E-state index in [0.29, 0.717) is 43.9 Å². The molecule has 1 atom stereocenters. The van der Waals surface area contributed by atoms with Gasteiger partial charge >= 0.3 is 6.03 Å². The van der Waals surface area contributed by atoms with Gasteiger partial charge in [0, 0.05) is 39.1 Å². The van der Waals surface area contributed by atoms with Gasteiger partial charge in [0.25, 0.3) is 0 Å². The molecule has 0 bridgehead atoms. The molecule has 1 unspecified atom stereocenters. The molecule has 1 aromatic carbocycles. The number of fused-ring (bicyclic) bond motifs is 1. The number of nitrogens with one attached hydrogen (secondary N) is 2. The molecule has 1 saturated heterocycles. The molecule has 3 amide bonds. The van der Waals surface area contributed by atoms with E-state index in [0.717, 1.165) is 17.2 Å². The van der Waals surface area contributed by atoms with Crippen LogP contribution in [-0.4, -0.2) is 58.9 Å². The number of urea groups is 1. The Morgan fingerprint density at radius 2 is 2.33 bits per heavy atom. The van der Waals surface area contributed by atoms with Crippen LogP contribution in [-0.2, 0) is 9.53 Å². The topological polar surface area (TPSA) is 96.5 Å². The number of benzene rings is 1. The molecule has 1 aliphatic heterocycles. The number of ether oxygens (including phenoxy) is 1. The molecule has 0 spiro atoms. The highest BCUT2D eigenvalue weighted by Gasteiger charge is 2.29. The summed E-state index contributed by atoms with van der Waals surface area (Å²) in [5, 5.41) is 5.61. The third-order valence-electron chi connectivity index (χ3n) is 3.95. The van der Waals surface area contributed by atoms with Gasteiger partial charge in [-0.2, -0.15) is 8.75 Å². The predicted molar refractivity (Wildman–Crippen MR) is 91.0 cm³/mol. The average Bonchev–Trinajstić information content (AvgIpc) is 3.18. The first-order valence-corrected chi connectivity index (χ1v) is 8.43. The lowest BCUT2D eigenvalue weighted by Gasteiger charge is -2.16. The number of likely N-dealkylation sites (tertiary alicyclic amines) is 1. The van der Waals surface area contributed by atoms with Gasteiger partial charge in [-0.05, 0) is 12.1 Å². The fraction of sp³-hybridized carbons (Fsp3) is 0.467. The van der Waals surface area contributed by atoms with E-state index in [2.05, 4.69) is 19.4 Å². The number of carbonyl (C=O) groups excluding carboxylic acids is 2. The normalized spacial score (nSPS) is 17.5. The van der Waals surface area contributed by atoms with Crippen molar-refractivity contribution in [1.82, 2.24) is 19.0 Å². The van der Waals surface area contributed by atoms with Crippen LogP contribution in [0.1, 0.15) is 6.42 Å². The number of nitrogens with zero attached hydrogens (tertiary/aromatic N) is 3. The maximum atomic E-state index is 12.1. The number of amides is 3. The van der Waals surface area contributed by atoms with Gasteiger partial charge in [-0.3, -0.25) is 4.79 Å². The molecule has 2 N–H and O–H groups in total. The average molecular weight is 349 g/mol. The van der Waals surface area contributed by atoms with E-state index in [1.54, 1.807) is 18.1 Å². The lowest BCUT2D eigenvalue weighted by atomic mass is 10.1. The first-order chi connectivity index (χ1) is 11.7. The third-order valence-corrected chi connectivity index (χ3v) is 4.49. The van der Waals surface area contributed by atoms with E-state index < -0.39 is 0 Å². The van der Waals surface area contributed by atoms with Crippen LogP contribution >= 0.6 is 11.7 Å². The minimum Gasteiger partial charge on any atom is -0.383 e. The molecule has 0 saturated carbocycles. The standard InChI is InChI=1S/C15H19N5O3S/c1-23-6-5-20-9-10(7-13(20)21)8-16-15(22)17-11-3-2-4-12-14(11)19-24-18-12/h2-4,10H,5-9H2,1H3,(H2,16,17,22). The van der Waals surface area contributed by atoms with Crippen LogP contribution < -0.4 is 10.6 Å². The van der Waals surface area contributed by atoms with Crippen LogP contribution in [0, 0.1) is 5.92 Å². The summed E-state index contributed by atoms with van der Waals surface area (Å²) < 4.78 is 13.3. The SMILES string of the molecule is COCCN1CC(CNC(=O)Nc2cccc3nsnc23)CC1=O. The predicted octanol–water partition coefficient (Wildman–Crippen LogP) is 1.31. The first-order valence-electron chi connectivity index (χ1n) is 7.70. The second-order valence-corrected chi connectivity index (χ2v) is 6.20. The van der Waals surface area contributed by atoms with Crippen LogP contribution in [0.5, 0.6) is 0 Å². The van der Waals surface area contributed by atoms with Gasteiger partial charge in [0.05, 0.1) is 24.0 Å². The molecule has 0 aliphatic carbocycles. The number of anilines is 1. The Bertz CT molecular complexity index is 735. The second-order valence-electron chi connectivity index (χ2n) is 5.68. The summed E-state index contributed by atoms with van der Waals surface area (Å²) in [6.07, 6.45) is 0.454. The summed E-state index contributed by atoms with van der Waals surface area (Å²) >= 11 is 1.11. The zero-order valence-electron chi connectivity index (χ0n) is 13.3. The van der Waals surface area contributed by atoms with E-state index in [1.807, 2.05) is 12.1 Å². The molecular formula is C15H19N5O3S. The second kappa shape index (κ2) is 7.54. The van der Waals surface area contributed by atoms with Gasteiger partial charge in [-0.1, -0.05) is 6.07 Å². The minimum atomic E-state index is -0.307. The Balaban J connectivity index is 1.49. The maximum Gasteiger partial charge on any atom is 0.319 e. The molecule has 3 rings (SSSR count). The van der Waals surface area contributed by atoms with E-state index in [9.17, 15) is 9.59 Å². The maximum absolute atomic E-state index is 12.1. The molecule has 0 radical (unpaired) electrons. The van der Waals surface area contributed by atoms with Crippen molar-refractivity contribution in [2.75, 3.05) is 38.7 Å². The highest BCUT2D eigenvalue weighted by atomic mass is 32.1. The summed E-state index contributed by atoms with van der Waals surface area (Å²) in [6, 6.07) is 5.15. The number of hydrogen-bond donors (Lipinski definition) is 2. The molecule has 24 heavy (non-hydrogen) atoms. The molecule has 128 valence electrons. The van der Waals surface area contributed by atoms with Crippen molar-refractivity contribution < 1.29 is 14.3 Å². The molecule has 1 fully saturated rings. The van der Waals surface area contributed by atoms with Crippen LogP contribution in [0.4, 0.5) is 10.5 Å². The molecule has 2 heterocycles. The highest BCUT2D eigenvalue weighted by Crippen LogP contribution is 2.21. The monoisotopic (exact) mass is 349 g/mol. The molecule has 2 aromatic rings. The van der Waals surface area contributed by atoms with Gasteiger partial charge in [-0.15, -0.1) is 0 Å². The van der Waals surface area contributed by atoms with E-state index >= 15 is 0 Å². The van der Waals surface area contributed by atoms with E-state index in [-0.39, 0.29) is 17.9 Å². The number of rotatable bonds is 6. The summed E-state index contributed by atoms with van der Waals surface area (Å²) in [7, 11) is 1.61. The zero-order chi connectivity index (χ0) is 16.9. The molecular weight excluding hydrogens is 330 g/mol. The highest BCUT2D eigenvalue weighted by molar-refractivity contribution is 7.00. The van der Waals surface area contributed by atoms with Gasteiger partial charge < -0.3 is 20.3 Å². The Morgan fingerprint density at radius 3 is 3.17 bits per heavy atom. The number of hydrogen-bond acceptors (Lipinski definition) is 6. The van der Waals surface area contributed by atoms with Gasteiger partial charge in [0.2, 0.25) is 5.91 Å². The van der Waals surface area contributed by atoms with Crippen LogP contribution in [0.15, 0.2) is 18.2 Å². The Morgan fingerprint density at radius 1 is 1.46 bits per heavy atom. The smallest absolute Gasteiger partial charge is 0.319 e. The van der Waals surface area contributed by atoms with Crippen molar-refractivity contribution in [2.45, 2.75) is 6.42 Å². The summed E-state index contributed by atoms with van der Waals surface area (Å²) in [6.45, 7) is 2.22. The molecule has 1 aromatic heterocycles. The van der Waals surface area contributed by atoms with Gasteiger partial charge in [0.1, 0.15) is 11.0 Å². The lowest BCUT2D eigenvalue weighted by molar-refractivity contribution is -0.128. The lowest BCUT2D eigenvalue weighted by Crippen LogP contribution is -2.34. The van der Waals surface area contributed by atoms with Crippen molar-refractivity contribution in [3.63, 3.8) is 0 Å². The number of aromatic nitrogens is 2. The van der Waals surface area contributed by atoms with Crippen LogP contribution in [0.25, 0.3) is 11.0 Å². The first kappa shape index (κ1) is 16.6. The van der Waals surface area contributed by atoms with Crippen molar-refractivity contribution in [3.05, 3.63) is 18.2 Å². The van der Waals surface area contributed by atoms with Crippen LogP contribution in [0.2, 0.25) is 0 Å². The van der Waals surface area contributed by atoms with Gasteiger partial charge in [0.15, 0.2) is 0 Å². The van der Waals surface area contributed by atoms with E-state index in [4.69, 9.17) is 4.74 Å². The van der Waals surface area contributed by atoms with Crippen molar-refractivity contribution in [1.29, 1.82) is 0 Å². The summed E-state index contributed by atoms with van der Waals surface area (Å²) in [5.41, 5.74) is 2.07. The number of methoxy groups -OCH3 is 1. The fourth-order valence-corrected chi connectivity index (χ4v) is 3.27.